The Balaban J connectivity index is 1.96. The third kappa shape index (κ3) is 3.83. The van der Waals surface area contributed by atoms with Gasteiger partial charge in [0.05, 0.1) is 22.5 Å². The number of para-hydroxylation sites is 1. The molecule has 0 amide bonds. The first-order valence-corrected chi connectivity index (χ1v) is 11.8. The van der Waals surface area contributed by atoms with E-state index in [4.69, 9.17) is 4.98 Å². The first-order chi connectivity index (χ1) is 15.0. The molecule has 2 heterocycles. The van der Waals surface area contributed by atoms with Gasteiger partial charge in [-0.05, 0) is 52.3 Å². The van der Waals surface area contributed by atoms with E-state index in [-0.39, 0.29) is 11.6 Å². The lowest BCUT2D eigenvalue weighted by Gasteiger charge is -2.27. The fourth-order valence-corrected chi connectivity index (χ4v) is 4.68. The van der Waals surface area contributed by atoms with Crippen molar-refractivity contribution in [2.75, 3.05) is 0 Å². The summed E-state index contributed by atoms with van der Waals surface area (Å²) in [5.74, 6) is 0.508. The van der Waals surface area contributed by atoms with Crippen LogP contribution in [0.25, 0.3) is 33.3 Å². The van der Waals surface area contributed by atoms with Crippen LogP contribution in [0.5, 0.6) is 0 Å². The molecule has 0 bridgehead atoms. The van der Waals surface area contributed by atoms with Crippen molar-refractivity contribution in [1.82, 2.24) is 24.1 Å². The lowest BCUT2D eigenvalue weighted by Crippen LogP contribution is -2.40. The summed E-state index contributed by atoms with van der Waals surface area (Å²) in [7, 11) is 3.61. The molecule has 4 aromatic rings. The van der Waals surface area contributed by atoms with E-state index in [1.54, 1.807) is 16.3 Å². The van der Waals surface area contributed by atoms with E-state index < -0.39 is 16.1 Å². The van der Waals surface area contributed by atoms with Gasteiger partial charge in [-0.15, -0.1) is 4.72 Å². The van der Waals surface area contributed by atoms with Gasteiger partial charge in [0.25, 0.3) is 5.56 Å². The number of hydrogen-bond acceptors (Lipinski definition) is 5. The van der Waals surface area contributed by atoms with Crippen molar-refractivity contribution in [2.24, 2.45) is 14.1 Å². The average Bonchev–Trinajstić information content (AvgIpc) is 3.06. The van der Waals surface area contributed by atoms with Crippen molar-refractivity contribution in [3.05, 3.63) is 57.9 Å². The third-order valence-electron chi connectivity index (χ3n) is 5.63. The summed E-state index contributed by atoms with van der Waals surface area (Å²) in [4.78, 5) is 18.3. The lowest BCUT2D eigenvalue weighted by molar-refractivity contribution is 0.531. The molecule has 7 nitrogen and oxygen atoms in total. The minimum Gasteiger partial charge on any atom is -0.598 e. The smallest absolute Gasteiger partial charge is 0.261 e. The summed E-state index contributed by atoms with van der Waals surface area (Å²) in [6, 6.07) is 11.5. The Hall–Kier alpha value is -2.68. The second-order valence-corrected chi connectivity index (χ2v) is 11.3. The molecule has 168 valence electrons. The summed E-state index contributed by atoms with van der Waals surface area (Å²) in [5, 5.41) is 6.15. The maximum atomic E-state index is 13.4. The number of nitrogens with one attached hydrogen (secondary N) is 1. The second kappa shape index (κ2) is 8.03. The highest BCUT2D eigenvalue weighted by Crippen LogP contribution is 2.30. The van der Waals surface area contributed by atoms with E-state index in [2.05, 4.69) is 9.82 Å². The lowest BCUT2D eigenvalue weighted by atomic mass is 10.0. The van der Waals surface area contributed by atoms with Crippen LogP contribution in [-0.4, -0.2) is 28.6 Å². The first kappa shape index (κ1) is 22.5. The van der Waals surface area contributed by atoms with Gasteiger partial charge in [-0.1, -0.05) is 24.3 Å². The highest BCUT2D eigenvalue weighted by Gasteiger charge is 2.29. The van der Waals surface area contributed by atoms with E-state index >= 15 is 0 Å². The molecule has 0 aliphatic rings. The highest BCUT2D eigenvalue weighted by atomic mass is 32.2. The molecular formula is C24H29N5O2S. The Morgan fingerprint density at radius 2 is 1.81 bits per heavy atom. The van der Waals surface area contributed by atoms with Crippen LogP contribution in [0.2, 0.25) is 0 Å². The van der Waals surface area contributed by atoms with Gasteiger partial charge in [-0.2, -0.15) is 5.10 Å². The molecule has 1 N–H and O–H groups in total. The van der Waals surface area contributed by atoms with Gasteiger partial charge < -0.3 is 4.55 Å². The van der Waals surface area contributed by atoms with Crippen molar-refractivity contribution in [3.63, 3.8) is 0 Å². The van der Waals surface area contributed by atoms with Crippen LogP contribution >= 0.6 is 0 Å². The Morgan fingerprint density at radius 1 is 1.12 bits per heavy atom. The zero-order valence-electron chi connectivity index (χ0n) is 19.6. The predicted octanol–water partition coefficient (Wildman–Crippen LogP) is 3.91. The van der Waals surface area contributed by atoms with Crippen LogP contribution in [0.1, 0.15) is 44.9 Å². The number of rotatable bonds is 4. The highest BCUT2D eigenvalue weighted by molar-refractivity contribution is 7.90. The molecule has 2 atom stereocenters. The van der Waals surface area contributed by atoms with Gasteiger partial charge >= 0.3 is 0 Å². The molecule has 4 rings (SSSR count). The first-order valence-electron chi connectivity index (χ1n) is 10.6. The molecule has 0 spiro atoms. The molecule has 8 heteroatoms. The number of aryl methyl sites for hydroxylation is 2. The fraction of sp³-hybridized carbons (Fsp3) is 0.375. The van der Waals surface area contributed by atoms with Gasteiger partial charge in [-0.25, -0.2) is 4.98 Å². The molecule has 1 unspecified atom stereocenters. The maximum absolute atomic E-state index is 13.4. The topological polar surface area (TPSA) is 87.8 Å². The quantitative estimate of drug-likeness (QED) is 0.475. The van der Waals surface area contributed by atoms with Gasteiger partial charge in [0.15, 0.2) is 5.82 Å². The number of nitrogens with zero attached hydrogens (tertiary/aromatic N) is 4. The van der Waals surface area contributed by atoms with Gasteiger partial charge in [0.2, 0.25) is 0 Å². The van der Waals surface area contributed by atoms with Crippen LogP contribution in [0, 0.1) is 6.92 Å². The largest absolute Gasteiger partial charge is 0.598 e. The minimum absolute atomic E-state index is 0.131. The van der Waals surface area contributed by atoms with Crippen molar-refractivity contribution < 1.29 is 4.55 Å². The molecule has 0 saturated carbocycles. The predicted molar refractivity (Wildman–Crippen MR) is 131 cm³/mol. The normalized spacial score (nSPS) is 14.2. The molecule has 2 aromatic carbocycles. The van der Waals surface area contributed by atoms with E-state index in [9.17, 15) is 9.35 Å². The van der Waals surface area contributed by atoms with Crippen molar-refractivity contribution in [3.8, 4) is 11.5 Å². The van der Waals surface area contributed by atoms with Crippen molar-refractivity contribution in [2.45, 2.75) is 45.4 Å². The van der Waals surface area contributed by atoms with Crippen LogP contribution in [0.3, 0.4) is 0 Å². The fourth-order valence-electron chi connectivity index (χ4n) is 3.87. The minimum atomic E-state index is -1.26. The Morgan fingerprint density at radius 3 is 2.50 bits per heavy atom. The Kier molecular flexibility index (Phi) is 5.65. The van der Waals surface area contributed by atoms with Gasteiger partial charge in [-0.3, -0.25) is 14.0 Å². The zero-order chi connectivity index (χ0) is 23.4. The number of aromatic nitrogens is 4. The molecular weight excluding hydrogens is 422 g/mol. The standard InChI is InChI=1S/C24H29N5O2S/c1-14-12-17(15(2)27-32(31)24(3,4)5)20-18(13-14)23(30)28(6)22(25-20)21-16-10-8-9-11-19(16)29(7)26-21/h8-13,15,27H,1-7H3/t15?,32-/m1/s1. The molecule has 0 radical (unpaired) electrons. The van der Waals surface area contributed by atoms with E-state index in [0.717, 1.165) is 22.0 Å². The van der Waals surface area contributed by atoms with Crippen LogP contribution < -0.4 is 10.3 Å². The Labute approximate surface area is 190 Å². The number of hydrogen-bond donors (Lipinski definition) is 1. The van der Waals surface area contributed by atoms with Crippen molar-refractivity contribution >= 4 is 33.2 Å². The number of benzene rings is 2. The second-order valence-electron chi connectivity index (χ2n) is 9.26. The van der Waals surface area contributed by atoms with E-state index in [1.165, 1.54) is 0 Å². The van der Waals surface area contributed by atoms with Crippen LogP contribution in [0.15, 0.2) is 41.2 Å². The van der Waals surface area contributed by atoms with Gasteiger partial charge in [0, 0.05) is 36.4 Å². The van der Waals surface area contributed by atoms with Crippen LogP contribution in [-0.2, 0) is 25.5 Å². The van der Waals surface area contributed by atoms with Gasteiger partial charge in [0.1, 0.15) is 10.4 Å². The maximum Gasteiger partial charge on any atom is 0.261 e. The van der Waals surface area contributed by atoms with E-state index in [1.807, 2.05) is 78.1 Å². The molecule has 0 saturated heterocycles. The molecule has 0 fully saturated rings. The number of fused-ring (bicyclic) bond motifs is 2. The van der Waals surface area contributed by atoms with Crippen LogP contribution in [0.4, 0.5) is 0 Å². The molecule has 2 aromatic heterocycles. The van der Waals surface area contributed by atoms with E-state index in [0.29, 0.717) is 22.4 Å². The summed E-state index contributed by atoms with van der Waals surface area (Å²) in [6.45, 7) is 9.68. The Bertz CT molecular complexity index is 1380. The molecule has 0 aliphatic heterocycles. The summed E-state index contributed by atoms with van der Waals surface area (Å²) >= 11 is -1.26. The SMILES string of the molecule is Cc1cc(C(C)N[S@+]([O-])C(C)(C)C)c2nc(-c3nn(C)c4ccccc34)n(C)c(=O)c2c1. The monoisotopic (exact) mass is 451 g/mol. The summed E-state index contributed by atoms with van der Waals surface area (Å²) in [5.41, 5.74) is 3.91. The zero-order valence-corrected chi connectivity index (χ0v) is 20.4. The average molecular weight is 452 g/mol. The molecule has 0 aliphatic carbocycles. The molecule has 32 heavy (non-hydrogen) atoms. The third-order valence-corrected chi connectivity index (χ3v) is 7.31. The summed E-state index contributed by atoms with van der Waals surface area (Å²) < 4.78 is 18.9. The summed E-state index contributed by atoms with van der Waals surface area (Å²) in [6.07, 6.45) is 0. The van der Waals surface area contributed by atoms with Crippen molar-refractivity contribution in [1.29, 1.82) is 0 Å².